The van der Waals surface area contributed by atoms with Gasteiger partial charge in [0, 0.05) is 47.8 Å². The summed E-state index contributed by atoms with van der Waals surface area (Å²) in [7, 11) is -19.5. The minimum atomic E-state index is -5.00. The van der Waals surface area contributed by atoms with E-state index in [4.69, 9.17) is 0 Å². The van der Waals surface area contributed by atoms with E-state index >= 15 is 0 Å². The van der Waals surface area contributed by atoms with E-state index in [-0.39, 0.29) is 215 Å². The molecule has 4 aromatic rings. The van der Waals surface area contributed by atoms with Crippen LogP contribution in [-0.2, 0) is 59.2 Å². The van der Waals surface area contributed by atoms with Crippen molar-refractivity contribution in [3.05, 3.63) is 259 Å². The maximum absolute atomic E-state index is 14.1. The van der Waals surface area contributed by atoms with E-state index in [1.165, 1.54) is 97.2 Å². The van der Waals surface area contributed by atoms with Crippen LogP contribution in [0.25, 0.3) is 16.2 Å². The molecule has 10 rings (SSSR count). The molecule has 0 amide bonds. The van der Waals surface area contributed by atoms with Gasteiger partial charge in [-0.15, -0.1) is 38.2 Å². The van der Waals surface area contributed by atoms with E-state index in [0.717, 1.165) is 85.0 Å². The Morgan fingerprint density at radius 3 is 1.04 bits per heavy atom. The second kappa shape index (κ2) is 37.0. The smallest absolute Gasteiger partial charge is 0.733 e. The number of hydrogen-bond donors (Lipinski definition) is 9. The van der Waals surface area contributed by atoms with Crippen molar-refractivity contribution in [1.82, 2.24) is 0 Å². The summed E-state index contributed by atoms with van der Waals surface area (Å²) in [4.78, 5) is 62.8. The van der Waals surface area contributed by atoms with Gasteiger partial charge in [-0.1, -0.05) is 0 Å². The van der Waals surface area contributed by atoms with Crippen molar-refractivity contribution in [2.24, 2.45) is 50.6 Å². The molecule has 0 atom stereocenters. The Bertz CT molecular complexity index is 5100. The molecule has 0 saturated carbocycles. The molecule has 0 saturated heterocycles. The van der Waals surface area contributed by atoms with Gasteiger partial charge in [-0.25, -0.2) is 20.0 Å². The zero-order valence-electron chi connectivity index (χ0n) is 55.0. The molecule has 47 heteroatoms. The summed E-state index contributed by atoms with van der Waals surface area (Å²) in [5.74, 6) is -1.73. The molecule has 0 heterocycles. The first-order chi connectivity index (χ1) is 48.6. The predicted molar refractivity (Wildman–Crippen MR) is 374 cm³/mol. The number of hydrogen-bond acceptors (Lipinski definition) is 28. The van der Waals surface area contributed by atoms with Gasteiger partial charge >= 0.3 is 139 Å². The normalized spacial score (nSPS) is 16.1. The number of non-ortho nitro benzene ring substituents is 2. The van der Waals surface area contributed by atoms with Crippen molar-refractivity contribution in [2.45, 2.75) is 19.6 Å². The van der Waals surface area contributed by atoms with E-state index in [1.807, 2.05) is 0 Å². The first kappa shape index (κ1) is 87.3. The molecular weight excluding hydrogens is 1530 g/mol. The summed E-state index contributed by atoms with van der Waals surface area (Å²) in [5.41, 5.74) is 4.06. The maximum atomic E-state index is 14.1. The van der Waals surface area contributed by atoms with E-state index in [0.29, 0.717) is 12.1 Å². The monoisotopic (exact) mass is 1570 g/mol. The van der Waals surface area contributed by atoms with Gasteiger partial charge in [-0.3, -0.25) is 54.5 Å². The Balaban J connectivity index is 0.00000448. The van der Waals surface area contributed by atoms with Crippen molar-refractivity contribution >= 4 is 155 Å². The number of allylic oxidation sites excluding steroid dienone is 20. The molecular formula is C60H41N17Na4O22S4+2. The second-order valence-corrected chi connectivity index (χ2v) is 26.3. The zero-order valence-corrected chi connectivity index (χ0v) is 66.3. The Morgan fingerprint density at radius 1 is 0.411 bits per heavy atom. The minimum Gasteiger partial charge on any atom is -0.733 e. The van der Waals surface area contributed by atoms with Crippen LogP contribution in [0.5, 0.6) is 0 Å². The second-order valence-electron chi connectivity index (χ2n) is 20.7. The van der Waals surface area contributed by atoms with Gasteiger partial charge in [0.1, 0.15) is 32.6 Å². The number of benzene rings is 4. The van der Waals surface area contributed by atoms with Crippen LogP contribution in [0.3, 0.4) is 0 Å². The summed E-state index contributed by atoms with van der Waals surface area (Å²) in [5, 5.41) is 91.1. The van der Waals surface area contributed by atoms with Crippen molar-refractivity contribution < 1.29 is 206 Å². The number of rotatable bonds is 20. The van der Waals surface area contributed by atoms with Gasteiger partial charge in [-0.2, -0.15) is 45.2 Å². The zero-order chi connectivity index (χ0) is 74.3. The van der Waals surface area contributed by atoms with Crippen LogP contribution in [0, 0.1) is 25.4 Å². The van der Waals surface area contributed by atoms with Crippen molar-refractivity contribution in [3.8, 4) is 0 Å². The van der Waals surface area contributed by atoms with E-state index in [1.54, 1.807) is 0 Å². The van der Waals surface area contributed by atoms with Crippen LogP contribution in [0.15, 0.2) is 287 Å². The molecule has 0 spiro atoms. The predicted octanol–water partition coefficient (Wildman–Crippen LogP) is -2.08. The van der Waals surface area contributed by atoms with Gasteiger partial charge in [-0.05, 0) is 166 Å². The summed E-state index contributed by atoms with van der Waals surface area (Å²) < 4.78 is 133. The number of ketones is 2. The van der Waals surface area contributed by atoms with Gasteiger partial charge in [0.05, 0.1) is 66.9 Å². The molecule has 524 valence electrons. The van der Waals surface area contributed by atoms with Crippen LogP contribution in [-0.4, -0.2) is 138 Å². The quantitative estimate of drug-likeness (QED) is 0.00872. The Hall–Kier alpha value is -8.60. The number of nitrogens with zero attached hydrogens (tertiary/aromatic N) is 17. The molecule has 0 unspecified atom stereocenters. The standard InChI is InChI=1S/C60H42N17O22S4.4Na/c78-55-31-49(51(70-66-37-9-1-33(2-10-37)61-45-21-17-41(74(80)81)25-57(45)100(88,89)90)29-53(55)72-68-39-13-5-35(6-14-39)63-47-23-19-43(76(84)85)27-59(47)102(94,95)96)65-50-32-56(79)54(73-69-40-15-7-36(8-16-40)64-48-24-20-44(77(86)87)28-60(48)103(97,98)99)30-52(50)71-67-38-11-3-34(4-12-38)62-46-22-18-42(75(82)83)26-58(46)101(91,92)93;;;;/h1-32,80-82H,(H7-2,61,62,63,64,65,70,71,72,73,78,79,88,89,90,91,92,93,94,95,96,97,98,99);;;;/q-1;4*+1/p-1. The van der Waals surface area contributed by atoms with Crippen molar-refractivity contribution in [2.75, 3.05) is 10.5 Å². The number of nitro benzene ring substituents is 2. The Morgan fingerprint density at radius 2 is 0.720 bits per heavy atom. The fourth-order valence-electron chi connectivity index (χ4n) is 8.79. The summed E-state index contributed by atoms with van der Waals surface area (Å²) >= 11 is 0. The molecule has 6 aliphatic carbocycles. The molecule has 39 nitrogen and oxygen atoms in total. The van der Waals surface area contributed by atoms with Gasteiger partial charge < -0.3 is 36.8 Å². The van der Waals surface area contributed by atoms with Crippen LogP contribution in [0.4, 0.5) is 45.5 Å². The molecule has 6 aliphatic rings. The topological polar surface area (TPSA) is 600 Å². The molecule has 0 fully saturated rings. The maximum Gasteiger partial charge on any atom is 1.00 e. The SMILES string of the molecule is O=C1C=C([N-]C2=CC(=O)C(=NN=C3C=CC(=Nc4ccc([N+](=O)[O-])cc4S(=O)(=O)O)C=C3)C=C2[N-]N=C2C=CC(=Nc3ccc(N(O)O)cc3[S+](=O)(O)O)C=C2)C([N-]N=C2C=CC(=Nc3ccc(N([O-])O)cc3[S+](=O)(O)O)C=C2)=CC1=NN=C1C=CC(=Nc2ccc([N+](=O)[O-])cc2S(=O)(=O)O)C=C1.[Na+].[Na+].[Na+].[Na+]. The fraction of sp³-hybridized carbons (Fsp3) is 0. The average molecular weight is 1570 g/mol. The van der Waals surface area contributed by atoms with Crippen LogP contribution in [0.1, 0.15) is 0 Å². The summed E-state index contributed by atoms with van der Waals surface area (Å²) in [6.45, 7) is 0. The molecule has 0 aromatic heterocycles. The van der Waals surface area contributed by atoms with Gasteiger partial charge in [0.15, 0.2) is 0 Å². The van der Waals surface area contributed by atoms with Crippen molar-refractivity contribution in [1.29, 1.82) is 0 Å². The number of anilines is 2. The fourth-order valence-corrected chi connectivity index (χ4v) is 11.4. The summed E-state index contributed by atoms with van der Waals surface area (Å²) in [6, 6.07) is 11.1. The average Bonchev–Trinajstić information content (AvgIpc) is 0.827. The molecule has 107 heavy (non-hydrogen) atoms. The van der Waals surface area contributed by atoms with Crippen molar-refractivity contribution in [3.63, 3.8) is 0 Å². The molecule has 0 aliphatic heterocycles. The van der Waals surface area contributed by atoms with E-state index in [2.05, 4.69) is 66.7 Å². The third-order valence-electron chi connectivity index (χ3n) is 13.6. The van der Waals surface area contributed by atoms with Gasteiger partial charge in [0.2, 0.25) is 11.6 Å². The van der Waals surface area contributed by atoms with Crippen LogP contribution >= 0.6 is 0 Å². The van der Waals surface area contributed by atoms with E-state index in [9.17, 15) is 103 Å². The molecule has 9 N–H and O–H groups in total. The number of nitro groups is 2. The summed E-state index contributed by atoms with van der Waals surface area (Å²) in [6.07, 6.45) is 25.7. The third kappa shape index (κ3) is 23.2. The molecule has 4 aromatic carbocycles. The van der Waals surface area contributed by atoms with Crippen LogP contribution in [0.2, 0.25) is 0 Å². The first-order valence-electron chi connectivity index (χ1n) is 28.1. The molecule has 0 radical (unpaired) electrons. The first-order valence-corrected chi connectivity index (χ1v) is 33.9. The van der Waals surface area contributed by atoms with E-state index < -0.39 is 122 Å². The third-order valence-corrected chi connectivity index (χ3v) is 17.2. The Kier molecular flexibility index (Phi) is 30.2. The number of carbonyl (C=O) groups excluding carboxylic acids is 2. The van der Waals surface area contributed by atoms with Gasteiger partial charge in [0.25, 0.3) is 41.4 Å². The minimum absolute atomic E-state index is 0. The largest absolute Gasteiger partial charge is 1.00 e. The molecule has 0 bridgehead atoms. The van der Waals surface area contributed by atoms with Crippen LogP contribution < -0.4 is 129 Å². The number of aliphatic imine (C=N–C) groups is 4. The number of carbonyl (C=O) groups is 2. The Labute approximate surface area is 693 Å².